The van der Waals surface area contributed by atoms with Crippen LogP contribution in [0, 0.1) is 13.8 Å². The fourth-order valence-corrected chi connectivity index (χ4v) is 4.74. The lowest BCUT2D eigenvalue weighted by atomic mass is 9.95. The van der Waals surface area contributed by atoms with Gasteiger partial charge in [-0.2, -0.15) is 5.10 Å². The number of amides is 1. The topological polar surface area (TPSA) is 73.2 Å². The standard InChI is InChI=1S/C20H27N3O3S/c1-6-11(2)26-20(25)17-14-9-7-8-10-15(14)27-19(17)21-18(24)16-12(3)22-23(5)13(16)4/h11H,6-10H2,1-5H3,(H,21,24). The van der Waals surface area contributed by atoms with Crippen LogP contribution in [0.15, 0.2) is 0 Å². The molecule has 3 rings (SSSR count). The Hall–Kier alpha value is -2.15. The molecule has 0 saturated heterocycles. The Morgan fingerprint density at radius 1 is 1.26 bits per heavy atom. The van der Waals surface area contributed by atoms with E-state index in [1.807, 2.05) is 34.7 Å². The van der Waals surface area contributed by atoms with E-state index in [2.05, 4.69) is 10.4 Å². The Morgan fingerprint density at radius 2 is 1.96 bits per heavy atom. The maximum Gasteiger partial charge on any atom is 0.341 e. The lowest BCUT2D eigenvalue weighted by Crippen LogP contribution is -2.19. The van der Waals surface area contributed by atoms with Crippen LogP contribution < -0.4 is 5.32 Å². The van der Waals surface area contributed by atoms with Gasteiger partial charge in [0.2, 0.25) is 0 Å². The molecule has 0 fully saturated rings. The first-order valence-electron chi connectivity index (χ1n) is 9.50. The molecular weight excluding hydrogens is 362 g/mol. The number of nitrogens with one attached hydrogen (secondary N) is 1. The maximum atomic E-state index is 12.9. The molecule has 1 atom stereocenters. The number of rotatable bonds is 5. The monoisotopic (exact) mass is 389 g/mol. The number of aromatic nitrogens is 2. The van der Waals surface area contributed by atoms with Crippen molar-refractivity contribution in [1.29, 1.82) is 0 Å². The predicted molar refractivity (Wildman–Crippen MR) is 107 cm³/mol. The van der Waals surface area contributed by atoms with Gasteiger partial charge in [0.25, 0.3) is 5.91 Å². The number of thiophene rings is 1. The van der Waals surface area contributed by atoms with Gasteiger partial charge in [-0.05, 0) is 58.4 Å². The SMILES string of the molecule is CCC(C)OC(=O)c1c(NC(=O)c2c(C)nn(C)c2C)sc2c1CCCC2. The van der Waals surface area contributed by atoms with Crippen molar-refractivity contribution in [3.05, 3.63) is 33.0 Å². The highest BCUT2D eigenvalue weighted by Crippen LogP contribution is 2.39. The van der Waals surface area contributed by atoms with Crippen LogP contribution in [0.25, 0.3) is 0 Å². The zero-order chi connectivity index (χ0) is 19.7. The van der Waals surface area contributed by atoms with Crippen LogP contribution in [0.3, 0.4) is 0 Å². The van der Waals surface area contributed by atoms with Crippen molar-refractivity contribution in [2.45, 2.75) is 65.9 Å². The third kappa shape index (κ3) is 3.78. The molecule has 27 heavy (non-hydrogen) atoms. The molecule has 1 unspecified atom stereocenters. The minimum Gasteiger partial charge on any atom is -0.459 e. The highest BCUT2D eigenvalue weighted by Gasteiger charge is 2.29. The molecule has 2 aromatic heterocycles. The molecular formula is C20H27N3O3S. The van der Waals surface area contributed by atoms with E-state index in [0.29, 0.717) is 21.8 Å². The summed E-state index contributed by atoms with van der Waals surface area (Å²) < 4.78 is 7.29. The first-order chi connectivity index (χ1) is 12.8. The average molecular weight is 390 g/mol. The molecule has 0 bridgehead atoms. The lowest BCUT2D eigenvalue weighted by molar-refractivity contribution is 0.0335. The molecule has 0 aliphatic heterocycles. The molecule has 2 heterocycles. The number of fused-ring (bicyclic) bond motifs is 1. The molecule has 0 spiro atoms. The van der Waals surface area contributed by atoms with Crippen LogP contribution in [0.2, 0.25) is 0 Å². The molecule has 1 aliphatic carbocycles. The maximum absolute atomic E-state index is 12.9. The number of esters is 1. The second kappa shape index (κ2) is 7.84. The normalized spacial score (nSPS) is 14.6. The molecule has 0 aromatic carbocycles. The number of ether oxygens (including phenoxy) is 1. The zero-order valence-electron chi connectivity index (χ0n) is 16.6. The molecule has 2 aromatic rings. The van der Waals surface area contributed by atoms with E-state index in [0.717, 1.165) is 43.4 Å². The first-order valence-corrected chi connectivity index (χ1v) is 10.3. The number of aryl methyl sites for hydroxylation is 3. The third-order valence-corrected chi connectivity index (χ3v) is 6.43. The summed E-state index contributed by atoms with van der Waals surface area (Å²) in [6, 6.07) is 0. The van der Waals surface area contributed by atoms with E-state index in [1.54, 1.807) is 4.68 Å². The summed E-state index contributed by atoms with van der Waals surface area (Å²) in [6.07, 6.45) is 4.59. The highest BCUT2D eigenvalue weighted by atomic mass is 32.1. The van der Waals surface area contributed by atoms with Crippen molar-refractivity contribution in [3.8, 4) is 0 Å². The molecule has 7 heteroatoms. The van der Waals surface area contributed by atoms with Crippen molar-refractivity contribution < 1.29 is 14.3 Å². The van der Waals surface area contributed by atoms with Crippen LogP contribution in [-0.2, 0) is 24.6 Å². The molecule has 1 aliphatic rings. The van der Waals surface area contributed by atoms with Gasteiger partial charge in [0, 0.05) is 17.6 Å². The quantitative estimate of drug-likeness (QED) is 0.779. The average Bonchev–Trinajstić information content (AvgIpc) is 3.10. The van der Waals surface area contributed by atoms with E-state index in [4.69, 9.17) is 4.74 Å². The number of anilines is 1. The smallest absolute Gasteiger partial charge is 0.341 e. The van der Waals surface area contributed by atoms with Crippen LogP contribution >= 0.6 is 11.3 Å². The summed E-state index contributed by atoms with van der Waals surface area (Å²) in [6.45, 7) is 7.56. The summed E-state index contributed by atoms with van der Waals surface area (Å²) in [5.41, 5.74) is 3.63. The van der Waals surface area contributed by atoms with E-state index in [9.17, 15) is 9.59 Å². The van der Waals surface area contributed by atoms with Crippen LogP contribution in [-0.4, -0.2) is 27.8 Å². The third-order valence-electron chi connectivity index (χ3n) is 5.22. The molecule has 146 valence electrons. The highest BCUT2D eigenvalue weighted by molar-refractivity contribution is 7.17. The Kier molecular flexibility index (Phi) is 5.69. The fourth-order valence-electron chi connectivity index (χ4n) is 3.46. The lowest BCUT2D eigenvalue weighted by Gasteiger charge is -2.15. The number of carbonyl (C=O) groups excluding carboxylic acids is 2. The van der Waals surface area contributed by atoms with Crippen molar-refractivity contribution in [2.24, 2.45) is 7.05 Å². The largest absolute Gasteiger partial charge is 0.459 e. The predicted octanol–water partition coefficient (Wildman–Crippen LogP) is 4.18. The Morgan fingerprint density at radius 3 is 2.59 bits per heavy atom. The zero-order valence-corrected chi connectivity index (χ0v) is 17.5. The van der Waals surface area contributed by atoms with E-state index in [-0.39, 0.29) is 18.0 Å². The van der Waals surface area contributed by atoms with Gasteiger partial charge in [0.1, 0.15) is 5.00 Å². The summed E-state index contributed by atoms with van der Waals surface area (Å²) in [7, 11) is 1.82. The second-order valence-corrected chi connectivity index (χ2v) is 8.27. The van der Waals surface area contributed by atoms with E-state index < -0.39 is 0 Å². The summed E-state index contributed by atoms with van der Waals surface area (Å²) in [5, 5.41) is 7.89. The van der Waals surface area contributed by atoms with Crippen molar-refractivity contribution in [1.82, 2.24) is 9.78 Å². The van der Waals surface area contributed by atoms with Gasteiger partial charge in [-0.3, -0.25) is 9.48 Å². The summed E-state index contributed by atoms with van der Waals surface area (Å²) in [5.74, 6) is -0.562. The van der Waals surface area contributed by atoms with Gasteiger partial charge in [-0.25, -0.2) is 4.79 Å². The Balaban J connectivity index is 1.96. The van der Waals surface area contributed by atoms with Gasteiger partial charge in [-0.1, -0.05) is 6.92 Å². The van der Waals surface area contributed by atoms with E-state index in [1.165, 1.54) is 16.2 Å². The molecule has 0 radical (unpaired) electrons. The van der Waals surface area contributed by atoms with Crippen LogP contribution in [0.5, 0.6) is 0 Å². The van der Waals surface area contributed by atoms with Crippen molar-refractivity contribution >= 4 is 28.2 Å². The Bertz CT molecular complexity index is 882. The number of hydrogen-bond acceptors (Lipinski definition) is 5. The van der Waals surface area contributed by atoms with Gasteiger partial charge in [0.15, 0.2) is 0 Å². The molecule has 6 nitrogen and oxygen atoms in total. The van der Waals surface area contributed by atoms with Gasteiger partial charge >= 0.3 is 5.97 Å². The molecule has 0 saturated carbocycles. The Labute approximate surface area is 163 Å². The van der Waals surface area contributed by atoms with Gasteiger partial charge in [-0.15, -0.1) is 11.3 Å². The van der Waals surface area contributed by atoms with E-state index >= 15 is 0 Å². The van der Waals surface area contributed by atoms with Crippen molar-refractivity contribution in [3.63, 3.8) is 0 Å². The fraction of sp³-hybridized carbons (Fsp3) is 0.550. The summed E-state index contributed by atoms with van der Waals surface area (Å²) in [4.78, 5) is 27.0. The number of nitrogens with zero attached hydrogens (tertiary/aromatic N) is 2. The number of carbonyl (C=O) groups is 2. The molecule has 1 amide bonds. The minimum atomic E-state index is -0.335. The first kappa shape index (κ1) is 19.6. The van der Waals surface area contributed by atoms with Gasteiger partial charge in [0.05, 0.1) is 22.9 Å². The van der Waals surface area contributed by atoms with Crippen LogP contribution in [0.4, 0.5) is 5.00 Å². The summed E-state index contributed by atoms with van der Waals surface area (Å²) >= 11 is 1.51. The van der Waals surface area contributed by atoms with Gasteiger partial charge < -0.3 is 10.1 Å². The van der Waals surface area contributed by atoms with Crippen molar-refractivity contribution in [2.75, 3.05) is 5.32 Å². The molecule has 1 N–H and O–H groups in total. The second-order valence-electron chi connectivity index (χ2n) is 7.16. The van der Waals surface area contributed by atoms with Crippen LogP contribution in [0.1, 0.15) is 75.7 Å². The minimum absolute atomic E-state index is 0.150. The number of hydrogen-bond donors (Lipinski definition) is 1.